The molecule has 0 bridgehead atoms. The first kappa shape index (κ1) is 16.9. The molecule has 0 amide bonds. The molecule has 1 aliphatic rings. The van der Waals surface area contributed by atoms with Gasteiger partial charge in [-0.2, -0.15) is 0 Å². The van der Waals surface area contributed by atoms with Gasteiger partial charge in [0.15, 0.2) is 22.1 Å². The number of benzene rings is 2. The van der Waals surface area contributed by atoms with E-state index in [-0.39, 0.29) is 6.79 Å². The van der Waals surface area contributed by atoms with Gasteiger partial charge in [-0.25, -0.2) is 4.99 Å². The predicted molar refractivity (Wildman–Crippen MR) is 108 cm³/mol. The number of aryl methyl sites for hydroxylation is 1. The summed E-state index contributed by atoms with van der Waals surface area (Å²) in [4.78, 5) is 5.80. The maximum atomic E-state index is 5.65. The van der Waals surface area contributed by atoms with Gasteiger partial charge in [0.2, 0.25) is 6.79 Å². The summed E-state index contributed by atoms with van der Waals surface area (Å²) in [6.07, 6.45) is 1.69. The highest BCUT2D eigenvalue weighted by Gasteiger charge is 2.15. The van der Waals surface area contributed by atoms with E-state index >= 15 is 0 Å². The van der Waals surface area contributed by atoms with Crippen molar-refractivity contribution in [2.45, 2.75) is 13.5 Å². The fourth-order valence-corrected chi connectivity index (χ4v) is 4.13. The van der Waals surface area contributed by atoms with E-state index in [9.17, 15) is 0 Å². The highest BCUT2D eigenvalue weighted by molar-refractivity contribution is 7.07. The number of aromatic nitrogens is 1. The number of ether oxygens (including phenoxy) is 2. The second-order valence-electron chi connectivity index (χ2n) is 6.61. The summed E-state index contributed by atoms with van der Waals surface area (Å²) in [5.74, 6) is 2.39. The van der Waals surface area contributed by atoms with Crippen molar-refractivity contribution >= 4 is 17.0 Å². The highest BCUT2D eigenvalue weighted by atomic mass is 32.1. The molecule has 5 rings (SSSR count). The molecule has 0 fully saturated rings. The number of nitrogens with zero attached hydrogens (tertiary/aromatic N) is 2. The van der Waals surface area contributed by atoms with E-state index in [0.717, 1.165) is 39.0 Å². The van der Waals surface area contributed by atoms with E-state index < -0.39 is 0 Å². The zero-order valence-corrected chi connectivity index (χ0v) is 16.1. The molecule has 0 unspecified atom stereocenters. The van der Waals surface area contributed by atoms with Crippen LogP contribution in [0.2, 0.25) is 0 Å². The lowest BCUT2D eigenvalue weighted by atomic mass is 10.2. The fourth-order valence-electron chi connectivity index (χ4n) is 3.22. The molecule has 0 atom stereocenters. The van der Waals surface area contributed by atoms with Crippen molar-refractivity contribution in [3.63, 3.8) is 0 Å². The van der Waals surface area contributed by atoms with Gasteiger partial charge < -0.3 is 18.5 Å². The molecule has 0 radical (unpaired) electrons. The number of furan rings is 1. The lowest BCUT2D eigenvalue weighted by Gasteiger charge is -2.09. The first-order valence-corrected chi connectivity index (χ1v) is 9.86. The largest absolute Gasteiger partial charge is 0.463 e. The van der Waals surface area contributed by atoms with Gasteiger partial charge in [-0.05, 0) is 54.4 Å². The first-order valence-electron chi connectivity index (χ1n) is 8.98. The van der Waals surface area contributed by atoms with Crippen molar-refractivity contribution in [3.8, 4) is 23.0 Å². The molecule has 0 saturated heterocycles. The summed E-state index contributed by atoms with van der Waals surface area (Å²) in [7, 11) is 0. The minimum Gasteiger partial charge on any atom is -0.463 e. The Bertz CT molecular complexity index is 1190. The van der Waals surface area contributed by atoms with E-state index in [0.29, 0.717) is 6.54 Å². The van der Waals surface area contributed by atoms with Gasteiger partial charge in [0, 0.05) is 5.38 Å². The van der Waals surface area contributed by atoms with Crippen LogP contribution in [-0.2, 0) is 6.54 Å². The van der Waals surface area contributed by atoms with E-state index in [4.69, 9.17) is 18.9 Å². The van der Waals surface area contributed by atoms with E-state index in [1.165, 1.54) is 5.56 Å². The molecule has 2 aromatic carbocycles. The quantitative estimate of drug-likeness (QED) is 0.485. The predicted octanol–water partition coefficient (Wildman–Crippen LogP) is 5.13. The minimum absolute atomic E-state index is 0.274. The second-order valence-corrected chi connectivity index (χ2v) is 7.44. The molecule has 0 spiro atoms. The lowest BCUT2D eigenvalue weighted by Crippen LogP contribution is -2.16. The SMILES string of the molecule is Cc1cccc(N=c2scc(-c3ccco3)n2Cc2ccc3c(c2)OCO3)c1. The summed E-state index contributed by atoms with van der Waals surface area (Å²) in [6, 6.07) is 18.1. The molecule has 1 aliphatic heterocycles. The van der Waals surface area contributed by atoms with Crippen molar-refractivity contribution in [2.75, 3.05) is 6.79 Å². The van der Waals surface area contributed by atoms with Crippen LogP contribution >= 0.6 is 11.3 Å². The Kier molecular flexibility index (Phi) is 4.25. The van der Waals surface area contributed by atoms with Crippen LogP contribution < -0.4 is 14.3 Å². The van der Waals surface area contributed by atoms with E-state index in [1.807, 2.05) is 36.4 Å². The van der Waals surface area contributed by atoms with Crippen molar-refractivity contribution in [1.82, 2.24) is 4.57 Å². The Morgan fingerprint density at radius 2 is 1.96 bits per heavy atom. The fraction of sp³-hybridized carbons (Fsp3) is 0.136. The smallest absolute Gasteiger partial charge is 0.231 e. The Balaban J connectivity index is 1.61. The first-order chi connectivity index (χ1) is 13.8. The molecule has 0 saturated carbocycles. The molecule has 0 N–H and O–H groups in total. The van der Waals surface area contributed by atoms with Crippen molar-refractivity contribution < 1.29 is 13.9 Å². The average molecular weight is 390 g/mol. The third-order valence-corrected chi connectivity index (χ3v) is 5.44. The van der Waals surface area contributed by atoms with Gasteiger partial charge in [-0.15, -0.1) is 11.3 Å². The average Bonchev–Trinajstić information content (AvgIpc) is 3.43. The highest BCUT2D eigenvalue weighted by Crippen LogP contribution is 2.33. The monoisotopic (exact) mass is 390 g/mol. The van der Waals surface area contributed by atoms with Crippen LogP contribution in [0.1, 0.15) is 11.1 Å². The summed E-state index contributed by atoms with van der Waals surface area (Å²) >= 11 is 1.60. The summed E-state index contributed by atoms with van der Waals surface area (Å²) in [6.45, 7) is 3.00. The number of hydrogen-bond acceptors (Lipinski definition) is 5. The summed E-state index contributed by atoms with van der Waals surface area (Å²) in [5.41, 5.74) is 4.24. The zero-order valence-electron chi connectivity index (χ0n) is 15.3. The number of rotatable bonds is 4. The van der Waals surface area contributed by atoms with Crippen LogP contribution in [-0.4, -0.2) is 11.4 Å². The van der Waals surface area contributed by atoms with Gasteiger partial charge in [0.05, 0.1) is 24.2 Å². The van der Waals surface area contributed by atoms with Gasteiger partial charge in [-0.3, -0.25) is 0 Å². The summed E-state index contributed by atoms with van der Waals surface area (Å²) < 4.78 is 18.8. The second kappa shape index (κ2) is 7.05. The molecule has 5 nitrogen and oxygen atoms in total. The van der Waals surface area contributed by atoms with E-state index in [1.54, 1.807) is 17.6 Å². The third-order valence-electron chi connectivity index (χ3n) is 4.58. The van der Waals surface area contributed by atoms with Gasteiger partial charge in [-0.1, -0.05) is 18.2 Å². The maximum Gasteiger partial charge on any atom is 0.231 e. The Morgan fingerprint density at radius 3 is 2.82 bits per heavy atom. The van der Waals surface area contributed by atoms with Crippen molar-refractivity contribution in [2.24, 2.45) is 4.99 Å². The molecule has 0 aliphatic carbocycles. The molecular weight excluding hydrogens is 372 g/mol. The van der Waals surface area contributed by atoms with Crippen LogP contribution in [0.4, 0.5) is 5.69 Å². The van der Waals surface area contributed by atoms with Crippen LogP contribution in [0, 0.1) is 6.92 Å². The molecule has 28 heavy (non-hydrogen) atoms. The van der Waals surface area contributed by atoms with Crippen molar-refractivity contribution in [3.05, 3.63) is 82.2 Å². The Labute approximate surface area is 166 Å². The van der Waals surface area contributed by atoms with Crippen LogP contribution in [0.25, 0.3) is 11.5 Å². The Hall–Kier alpha value is -3.25. The topological polar surface area (TPSA) is 48.9 Å². The lowest BCUT2D eigenvalue weighted by molar-refractivity contribution is 0.174. The Morgan fingerprint density at radius 1 is 1.04 bits per heavy atom. The minimum atomic E-state index is 0.274. The molecule has 4 aromatic rings. The normalized spacial score (nSPS) is 13.2. The third kappa shape index (κ3) is 3.23. The van der Waals surface area contributed by atoms with Gasteiger partial charge >= 0.3 is 0 Å². The van der Waals surface area contributed by atoms with Crippen molar-refractivity contribution in [1.29, 1.82) is 0 Å². The zero-order chi connectivity index (χ0) is 18.9. The standard InChI is InChI=1S/C22H18N2O3S/c1-15-4-2-5-17(10-15)23-22-24(18(13-28-22)19-6-3-9-25-19)12-16-7-8-20-21(11-16)27-14-26-20/h2-11,13H,12,14H2,1H3. The van der Waals surface area contributed by atoms with Gasteiger partial charge in [0.25, 0.3) is 0 Å². The van der Waals surface area contributed by atoms with E-state index in [2.05, 4.69) is 35.1 Å². The van der Waals surface area contributed by atoms with Gasteiger partial charge in [0.1, 0.15) is 0 Å². The van der Waals surface area contributed by atoms with Crippen LogP contribution in [0.3, 0.4) is 0 Å². The van der Waals surface area contributed by atoms with Crippen LogP contribution in [0.15, 0.2) is 75.7 Å². The van der Waals surface area contributed by atoms with Crippen LogP contribution in [0.5, 0.6) is 11.5 Å². The number of thiazole rings is 1. The maximum absolute atomic E-state index is 5.65. The number of fused-ring (bicyclic) bond motifs is 1. The molecular formula is C22H18N2O3S. The molecule has 140 valence electrons. The molecule has 6 heteroatoms. The number of hydrogen-bond donors (Lipinski definition) is 0. The summed E-state index contributed by atoms with van der Waals surface area (Å²) in [5, 5.41) is 2.08. The molecule has 3 heterocycles. The molecule has 2 aromatic heterocycles.